The predicted molar refractivity (Wildman–Crippen MR) is 87.5 cm³/mol. The van der Waals surface area contributed by atoms with Gasteiger partial charge in [0.1, 0.15) is 0 Å². The summed E-state index contributed by atoms with van der Waals surface area (Å²) < 4.78 is 19.5. The van der Waals surface area contributed by atoms with Crippen LogP contribution in [0.2, 0.25) is 0 Å². The van der Waals surface area contributed by atoms with E-state index in [9.17, 15) is 4.39 Å². The molecule has 112 valence electrons. The first-order chi connectivity index (χ1) is 9.58. The quantitative estimate of drug-likeness (QED) is 0.914. The summed E-state index contributed by atoms with van der Waals surface area (Å²) >= 11 is 3.93. The summed E-state index contributed by atoms with van der Waals surface area (Å²) in [5.41, 5.74) is 0.701. The van der Waals surface area contributed by atoms with Gasteiger partial charge >= 0.3 is 0 Å². The zero-order valence-corrected chi connectivity index (χ0v) is 14.0. The molecule has 4 unspecified atom stereocenters. The molecular weight excluding hydrogens is 293 g/mol. The molecule has 0 amide bonds. The van der Waals surface area contributed by atoms with Gasteiger partial charge in [0.05, 0.1) is 7.11 Å². The molecule has 1 N–H and O–H groups in total. The molecule has 4 atom stereocenters. The van der Waals surface area contributed by atoms with Crippen molar-refractivity contribution in [2.75, 3.05) is 19.9 Å². The molecule has 1 aromatic carbocycles. The summed E-state index contributed by atoms with van der Waals surface area (Å²) in [6, 6.07) is 5.39. The highest BCUT2D eigenvalue weighted by atomic mass is 32.2. The van der Waals surface area contributed by atoms with Gasteiger partial charge < -0.3 is 10.1 Å². The average Bonchev–Trinajstić information content (AvgIpc) is 2.45. The SMILES string of the molecule is CNC(c1cccc(OC)c1F)C1CSC(C)C(C)S1. The molecule has 0 spiro atoms. The van der Waals surface area contributed by atoms with Crippen LogP contribution in [0.4, 0.5) is 4.39 Å². The average molecular weight is 315 g/mol. The summed E-state index contributed by atoms with van der Waals surface area (Å²) in [5, 5.41) is 4.90. The fraction of sp³-hybridized carbons (Fsp3) is 0.600. The first-order valence-electron chi connectivity index (χ1n) is 6.85. The molecule has 1 aromatic rings. The lowest BCUT2D eigenvalue weighted by atomic mass is 10.0. The van der Waals surface area contributed by atoms with E-state index < -0.39 is 0 Å². The lowest BCUT2D eigenvalue weighted by Crippen LogP contribution is -2.36. The highest BCUT2D eigenvalue weighted by molar-refractivity contribution is 8.07. The molecule has 2 nitrogen and oxygen atoms in total. The van der Waals surface area contributed by atoms with Crippen LogP contribution in [0.1, 0.15) is 25.5 Å². The minimum absolute atomic E-state index is 0.0116. The number of rotatable bonds is 4. The van der Waals surface area contributed by atoms with E-state index in [0.717, 1.165) is 5.75 Å². The van der Waals surface area contributed by atoms with E-state index in [2.05, 4.69) is 19.2 Å². The smallest absolute Gasteiger partial charge is 0.169 e. The maximum Gasteiger partial charge on any atom is 0.169 e. The third-order valence-electron chi connectivity index (χ3n) is 3.80. The Morgan fingerprint density at radius 3 is 2.70 bits per heavy atom. The van der Waals surface area contributed by atoms with Crippen LogP contribution < -0.4 is 10.1 Å². The molecule has 20 heavy (non-hydrogen) atoms. The molecule has 2 rings (SSSR count). The highest BCUT2D eigenvalue weighted by Gasteiger charge is 2.33. The monoisotopic (exact) mass is 315 g/mol. The number of thioether (sulfide) groups is 2. The number of hydrogen-bond acceptors (Lipinski definition) is 4. The van der Waals surface area contributed by atoms with Crippen molar-refractivity contribution in [1.82, 2.24) is 5.32 Å². The number of ether oxygens (including phenoxy) is 1. The van der Waals surface area contributed by atoms with Crippen LogP contribution >= 0.6 is 23.5 Å². The second-order valence-corrected chi connectivity index (χ2v) is 8.08. The van der Waals surface area contributed by atoms with Crippen molar-refractivity contribution in [3.05, 3.63) is 29.6 Å². The van der Waals surface area contributed by atoms with Crippen molar-refractivity contribution >= 4 is 23.5 Å². The summed E-state index contributed by atoms with van der Waals surface area (Å²) in [4.78, 5) is 0. The predicted octanol–water partition coefficient (Wildman–Crippen LogP) is 3.72. The van der Waals surface area contributed by atoms with Gasteiger partial charge in [-0.25, -0.2) is 4.39 Å². The molecule has 1 saturated heterocycles. The van der Waals surface area contributed by atoms with Crippen LogP contribution in [0.15, 0.2) is 18.2 Å². The van der Waals surface area contributed by atoms with Crippen LogP contribution in [0.3, 0.4) is 0 Å². The van der Waals surface area contributed by atoms with Gasteiger partial charge in [0.25, 0.3) is 0 Å². The van der Waals surface area contributed by atoms with E-state index in [1.807, 2.05) is 42.7 Å². The molecule has 0 bridgehead atoms. The Hall–Kier alpha value is -0.390. The number of nitrogens with one attached hydrogen (secondary N) is 1. The van der Waals surface area contributed by atoms with Crippen molar-refractivity contribution in [1.29, 1.82) is 0 Å². The summed E-state index contributed by atoms with van der Waals surface area (Å²) in [6.07, 6.45) is 0. The van der Waals surface area contributed by atoms with Gasteiger partial charge in [-0.15, -0.1) is 0 Å². The molecule has 1 heterocycles. The molecule has 1 aliphatic heterocycles. The molecule has 1 aliphatic rings. The zero-order chi connectivity index (χ0) is 14.7. The van der Waals surface area contributed by atoms with Crippen molar-refractivity contribution < 1.29 is 9.13 Å². The van der Waals surface area contributed by atoms with E-state index in [-0.39, 0.29) is 11.9 Å². The van der Waals surface area contributed by atoms with Crippen LogP contribution in [-0.2, 0) is 0 Å². The minimum atomic E-state index is -0.244. The molecule has 1 fully saturated rings. The summed E-state index contributed by atoms with van der Waals surface area (Å²) in [6.45, 7) is 4.52. The Morgan fingerprint density at radius 2 is 2.10 bits per heavy atom. The molecule has 0 radical (unpaired) electrons. The van der Waals surface area contributed by atoms with Crippen molar-refractivity contribution in [3.63, 3.8) is 0 Å². The highest BCUT2D eigenvalue weighted by Crippen LogP contribution is 2.42. The molecule has 5 heteroatoms. The number of halogens is 1. The molecular formula is C15H22FNOS2. The summed E-state index contributed by atoms with van der Waals surface area (Å²) in [5.74, 6) is 1.11. The van der Waals surface area contributed by atoms with Crippen molar-refractivity contribution in [3.8, 4) is 5.75 Å². The van der Waals surface area contributed by atoms with E-state index in [4.69, 9.17) is 4.74 Å². The van der Waals surface area contributed by atoms with Gasteiger partial charge in [0, 0.05) is 33.1 Å². The van der Waals surface area contributed by atoms with Crippen LogP contribution in [0.5, 0.6) is 5.75 Å². The first-order valence-corrected chi connectivity index (χ1v) is 8.84. The zero-order valence-electron chi connectivity index (χ0n) is 12.4. The number of benzene rings is 1. The fourth-order valence-corrected chi connectivity index (χ4v) is 5.60. The standard InChI is InChI=1S/C15H22FNOS2/c1-9-10(2)20-13(8-19-9)15(17-3)11-6-5-7-12(18-4)14(11)16/h5-7,9-10,13,15,17H,8H2,1-4H3. The van der Waals surface area contributed by atoms with Gasteiger partial charge in [0.15, 0.2) is 11.6 Å². The topological polar surface area (TPSA) is 21.3 Å². The second-order valence-electron chi connectivity index (χ2n) is 5.05. The molecule has 0 aliphatic carbocycles. The Morgan fingerprint density at radius 1 is 1.35 bits per heavy atom. The Labute approximate surface area is 129 Å². The molecule has 0 aromatic heterocycles. The normalized spacial score (nSPS) is 28.1. The number of hydrogen-bond donors (Lipinski definition) is 1. The van der Waals surface area contributed by atoms with Crippen LogP contribution in [-0.4, -0.2) is 35.7 Å². The van der Waals surface area contributed by atoms with E-state index in [0.29, 0.717) is 27.1 Å². The molecule has 0 saturated carbocycles. The van der Waals surface area contributed by atoms with Crippen molar-refractivity contribution in [2.24, 2.45) is 0 Å². The second kappa shape index (κ2) is 7.05. The van der Waals surface area contributed by atoms with E-state index in [1.54, 1.807) is 6.07 Å². The van der Waals surface area contributed by atoms with Crippen LogP contribution in [0, 0.1) is 5.82 Å². The minimum Gasteiger partial charge on any atom is -0.494 e. The van der Waals surface area contributed by atoms with Gasteiger partial charge in [0.2, 0.25) is 0 Å². The van der Waals surface area contributed by atoms with Crippen LogP contribution in [0.25, 0.3) is 0 Å². The van der Waals surface area contributed by atoms with Gasteiger partial charge in [-0.3, -0.25) is 0 Å². The largest absolute Gasteiger partial charge is 0.494 e. The maximum absolute atomic E-state index is 14.5. The fourth-order valence-electron chi connectivity index (χ4n) is 2.45. The van der Waals surface area contributed by atoms with Crippen molar-refractivity contribution in [2.45, 2.75) is 35.6 Å². The number of methoxy groups -OCH3 is 1. The Bertz CT molecular complexity index is 457. The third kappa shape index (κ3) is 3.26. The Balaban J connectivity index is 2.24. The van der Waals surface area contributed by atoms with E-state index >= 15 is 0 Å². The Kier molecular flexibility index (Phi) is 5.64. The summed E-state index contributed by atoms with van der Waals surface area (Å²) in [7, 11) is 3.41. The lowest BCUT2D eigenvalue weighted by Gasteiger charge is -2.36. The van der Waals surface area contributed by atoms with E-state index in [1.165, 1.54) is 7.11 Å². The van der Waals surface area contributed by atoms with Gasteiger partial charge in [-0.2, -0.15) is 23.5 Å². The van der Waals surface area contributed by atoms with Gasteiger partial charge in [-0.05, 0) is 13.1 Å². The maximum atomic E-state index is 14.5. The third-order valence-corrected chi connectivity index (χ3v) is 7.30. The lowest BCUT2D eigenvalue weighted by molar-refractivity contribution is 0.380. The first kappa shape index (κ1) is 16.0. The van der Waals surface area contributed by atoms with Gasteiger partial charge in [-0.1, -0.05) is 26.0 Å².